The average molecular weight is 523 g/mol. The first-order chi connectivity index (χ1) is 18.2. The summed E-state index contributed by atoms with van der Waals surface area (Å²) in [5, 5.41) is 15.1. The minimum Gasteiger partial charge on any atom is -0.357 e. The molecule has 0 spiro atoms. The number of hydroxylamine groups is 1. The van der Waals surface area contributed by atoms with Crippen LogP contribution in [0.2, 0.25) is 0 Å². The van der Waals surface area contributed by atoms with Crippen LogP contribution in [0.25, 0.3) is 0 Å². The minimum atomic E-state index is -1.12. The van der Waals surface area contributed by atoms with E-state index in [2.05, 4.69) is 10.6 Å². The van der Waals surface area contributed by atoms with Crippen LogP contribution in [0.4, 0.5) is 0 Å². The van der Waals surface area contributed by atoms with Crippen molar-refractivity contribution in [2.75, 3.05) is 20.1 Å². The Labute approximate surface area is 223 Å². The molecule has 4 N–H and O–H groups in total. The van der Waals surface area contributed by atoms with Gasteiger partial charge in [0.1, 0.15) is 6.04 Å². The van der Waals surface area contributed by atoms with E-state index in [0.717, 1.165) is 5.56 Å². The van der Waals surface area contributed by atoms with Gasteiger partial charge in [-0.2, -0.15) is 0 Å². The maximum atomic E-state index is 14.2. The van der Waals surface area contributed by atoms with Crippen molar-refractivity contribution in [2.24, 2.45) is 17.3 Å². The van der Waals surface area contributed by atoms with E-state index in [1.54, 1.807) is 41.7 Å². The van der Waals surface area contributed by atoms with E-state index in [-0.39, 0.29) is 36.6 Å². The van der Waals surface area contributed by atoms with Gasteiger partial charge in [0.25, 0.3) is 5.91 Å². The van der Waals surface area contributed by atoms with Gasteiger partial charge in [0.15, 0.2) is 0 Å². The number of carbonyl (C=O) groups is 4. The summed E-state index contributed by atoms with van der Waals surface area (Å²) in [4.78, 5) is 54.3. The van der Waals surface area contributed by atoms with Crippen molar-refractivity contribution in [1.82, 2.24) is 21.0 Å². The van der Waals surface area contributed by atoms with Crippen LogP contribution in [-0.4, -0.2) is 59.9 Å². The van der Waals surface area contributed by atoms with Crippen molar-refractivity contribution in [3.8, 4) is 0 Å². The summed E-state index contributed by atoms with van der Waals surface area (Å²) in [7, 11) is 1.54. The molecule has 4 amide bonds. The van der Waals surface area contributed by atoms with Crippen LogP contribution in [0.5, 0.6) is 0 Å². The number of rotatable bonds is 12. The Balaban J connectivity index is 1.87. The first-order valence-electron chi connectivity index (χ1n) is 13.1. The molecule has 9 nitrogen and oxygen atoms in total. The Morgan fingerprint density at radius 1 is 1.00 bits per heavy atom. The summed E-state index contributed by atoms with van der Waals surface area (Å²) >= 11 is 0. The molecule has 0 saturated carbocycles. The summed E-state index contributed by atoms with van der Waals surface area (Å²) < 4.78 is 0. The third kappa shape index (κ3) is 6.58. The van der Waals surface area contributed by atoms with Crippen molar-refractivity contribution < 1.29 is 24.4 Å². The Kier molecular flexibility index (Phi) is 10.0. The van der Waals surface area contributed by atoms with Gasteiger partial charge >= 0.3 is 0 Å². The van der Waals surface area contributed by atoms with E-state index < -0.39 is 23.3 Å². The molecule has 0 radical (unpaired) electrons. The number of amides is 4. The lowest BCUT2D eigenvalue weighted by Gasteiger charge is -2.37. The number of benzene rings is 2. The van der Waals surface area contributed by atoms with Gasteiger partial charge in [0, 0.05) is 32.1 Å². The lowest BCUT2D eigenvalue weighted by molar-refractivity contribution is -0.152. The number of hydrogen-bond donors (Lipinski definition) is 4. The monoisotopic (exact) mass is 522 g/mol. The molecule has 204 valence electrons. The van der Waals surface area contributed by atoms with Crippen LogP contribution in [-0.2, 0) is 20.8 Å². The molecule has 2 aromatic carbocycles. The molecule has 2 aromatic rings. The van der Waals surface area contributed by atoms with Crippen molar-refractivity contribution in [2.45, 2.75) is 45.6 Å². The molecular formula is C29H38N4O5. The highest BCUT2D eigenvalue weighted by molar-refractivity contribution is 5.96. The molecule has 1 aliphatic rings. The Bertz CT molecular complexity index is 1110. The third-order valence-corrected chi connectivity index (χ3v) is 7.30. The fourth-order valence-electron chi connectivity index (χ4n) is 5.60. The molecule has 0 aromatic heterocycles. The van der Waals surface area contributed by atoms with E-state index in [9.17, 15) is 24.4 Å². The molecule has 1 saturated heterocycles. The molecule has 0 bridgehead atoms. The second-order valence-electron chi connectivity index (χ2n) is 10.3. The molecule has 0 aliphatic carbocycles. The average Bonchev–Trinajstić information content (AvgIpc) is 3.24. The summed E-state index contributed by atoms with van der Waals surface area (Å²) in [6.45, 7) is 4.40. The maximum Gasteiger partial charge on any atom is 0.251 e. The molecule has 3 rings (SSSR count). The standard InChI is InChI=1S/C29H38N4O5/c1-20(2)19-29(23(26(35)32-38)14-16-31-25(34)22-12-8-5-9-13-22)15-17-33(28(29)37)24(27(36)30-3)18-21-10-6-4-7-11-21/h4-13,20,23-24,38H,14-19H2,1-3H3,(H,30,36)(H,31,34)(H,32,35)/t23?,24?,29-/m1/s1. The first kappa shape index (κ1) is 28.8. The molecular weight excluding hydrogens is 484 g/mol. The number of nitrogens with zero attached hydrogens (tertiary/aromatic N) is 1. The van der Waals surface area contributed by atoms with Crippen LogP contribution in [0.1, 0.15) is 49.0 Å². The number of likely N-dealkylation sites (N-methyl/N-ethyl adjacent to an activating group) is 1. The van der Waals surface area contributed by atoms with Crippen molar-refractivity contribution in [1.29, 1.82) is 0 Å². The minimum absolute atomic E-state index is 0.0689. The lowest BCUT2D eigenvalue weighted by atomic mass is 9.67. The largest absolute Gasteiger partial charge is 0.357 e. The fraction of sp³-hybridized carbons (Fsp3) is 0.448. The van der Waals surface area contributed by atoms with Gasteiger partial charge in [-0.05, 0) is 42.9 Å². The predicted molar refractivity (Wildman–Crippen MR) is 143 cm³/mol. The molecule has 9 heteroatoms. The zero-order valence-corrected chi connectivity index (χ0v) is 22.3. The van der Waals surface area contributed by atoms with E-state index in [4.69, 9.17) is 0 Å². The van der Waals surface area contributed by atoms with Crippen molar-refractivity contribution >= 4 is 23.6 Å². The van der Waals surface area contributed by atoms with Crippen LogP contribution >= 0.6 is 0 Å². The summed E-state index contributed by atoms with van der Waals surface area (Å²) in [5.74, 6) is -2.34. The first-order valence-corrected chi connectivity index (χ1v) is 13.1. The van der Waals surface area contributed by atoms with Crippen molar-refractivity contribution in [3.05, 3.63) is 71.8 Å². The van der Waals surface area contributed by atoms with Crippen molar-refractivity contribution in [3.63, 3.8) is 0 Å². The number of carbonyl (C=O) groups excluding carboxylic acids is 4. The van der Waals surface area contributed by atoms with E-state index in [0.29, 0.717) is 31.4 Å². The Hall–Kier alpha value is -3.72. The van der Waals surface area contributed by atoms with Gasteiger partial charge in [0.2, 0.25) is 17.7 Å². The smallest absolute Gasteiger partial charge is 0.251 e. The molecule has 1 fully saturated rings. The van der Waals surface area contributed by atoms with E-state index >= 15 is 0 Å². The molecule has 1 heterocycles. The van der Waals surface area contributed by atoms with Gasteiger partial charge < -0.3 is 15.5 Å². The Morgan fingerprint density at radius 2 is 1.63 bits per heavy atom. The molecule has 3 atom stereocenters. The molecule has 2 unspecified atom stereocenters. The van der Waals surface area contributed by atoms with E-state index in [1.165, 1.54) is 0 Å². The van der Waals surface area contributed by atoms with Gasteiger partial charge in [-0.15, -0.1) is 0 Å². The van der Waals surface area contributed by atoms with Gasteiger partial charge in [0.05, 0.1) is 11.3 Å². The zero-order chi connectivity index (χ0) is 27.7. The maximum absolute atomic E-state index is 14.2. The molecule has 38 heavy (non-hydrogen) atoms. The van der Waals surface area contributed by atoms with Crippen LogP contribution in [0, 0.1) is 17.3 Å². The van der Waals surface area contributed by atoms with Gasteiger partial charge in [-0.3, -0.25) is 24.4 Å². The highest BCUT2D eigenvalue weighted by atomic mass is 16.5. The Morgan fingerprint density at radius 3 is 2.21 bits per heavy atom. The van der Waals surface area contributed by atoms with Crippen LogP contribution < -0.4 is 16.1 Å². The second kappa shape index (κ2) is 13.2. The number of likely N-dealkylation sites (tertiary alicyclic amines) is 1. The van der Waals surface area contributed by atoms with Gasteiger partial charge in [-0.25, -0.2) is 5.48 Å². The van der Waals surface area contributed by atoms with Crippen LogP contribution in [0.15, 0.2) is 60.7 Å². The SMILES string of the molecule is CNC(=O)C(Cc1ccccc1)N1CC[C@@](CC(C)C)(C(CCNC(=O)c2ccccc2)C(=O)NO)C1=O. The molecule has 1 aliphatic heterocycles. The second-order valence-corrected chi connectivity index (χ2v) is 10.3. The fourth-order valence-corrected chi connectivity index (χ4v) is 5.60. The quantitative estimate of drug-likeness (QED) is 0.252. The highest BCUT2D eigenvalue weighted by Gasteiger charge is 2.56. The topological polar surface area (TPSA) is 128 Å². The number of nitrogens with one attached hydrogen (secondary N) is 3. The highest BCUT2D eigenvalue weighted by Crippen LogP contribution is 2.46. The van der Waals surface area contributed by atoms with Crippen LogP contribution in [0.3, 0.4) is 0 Å². The number of hydrogen-bond acceptors (Lipinski definition) is 5. The zero-order valence-electron chi connectivity index (χ0n) is 22.3. The third-order valence-electron chi connectivity index (χ3n) is 7.30. The normalized spacial score (nSPS) is 18.7. The van der Waals surface area contributed by atoms with Gasteiger partial charge in [-0.1, -0.05) is 62.4 Å². The summed E-state index contributed by atoms with van der Waals surface area (Å²) in [6, 6.07) is 17.5. The van der Waals surface area contributed by atoms with E-state index in [1.807, 2.05) is 50.2 Å². The summed E-state index contributed by atoms with van der Waals surface area (Å²) in [5.41, 5.74) is 2.03. The predicted octanol–water partition coefficient (Wildman–Crippen LogP) is 2.55. The summed E-state index contributed by atoms with van der Waals surface area (Å²) in [6.07, 6.45) is 1.25. The lowest BCUT2D eigenvalue weighted by Crippen LogP contribution is -2.53.